The number of ketones is 1. The average molecular weight is 239 g/mol. The molecule has 0 bridgehead atoms. The van der Waals surface area contributed by atoms with Crippen LogP contribution in [0.2, 0.25) is 0 Å². The molecule has 1 heterocycles. The molecule has 2 rings (SSSR count). The molecule has 17 heavy (non-hydrogen) atoms. The van der Waals surface area contributed by atoms with Crippen molar-refractivity contribution in [2.75, 3.05) is 6.61 Å². The lowest BCUT2D eigenvalue weighted by Gasteiger charge is -2.19. The van der Waals surface area contributed by atoms with Crippen LogP contribution in [0, 0.1) is 17.8 Å². The number of ether oxygens (including phenoxy) is 1. The van der Waals surface area contributed by atoms with E-state index in [0.717, 1.165) is 18.6 Å². The molecule has 1 fully saturated rings. The minimum Gasteiger partial charge on any atom is -0.504 e. The summed E-state index contributed by atoms with van der Waals surface area (Å²) in [5.41, 5.74) is 0. The van der Waals surface area contributed by atoms with Gasteiger partial charge in [0.1, 0.15) is 0 Å². The Labute approximate surface area is 101 Å². The first-order valence-electron chi connectivity index (χ1n) is 6.17. The maximum Gasteiger partial charge on any atom is 0.473 e. The predicted molar refractivity (Wildman–Crippen MR) is 62.3 cm³/mol. The van der Waals surface area contributed by atoms with E-state index in [1.165, 1.54) is 0 Å². The van der Waals surface area contributed by atoms with Gasteiger partial charge in [-0.05, 0) is 25.7 Å². The number of hydrogen-bond donors (Lipinski definition) is 1. The van der Waals surface area contributed by atoms with Gasteiger partial charge in [-0.1, -0.05) is 6.92 Å². The number of fused-ring (bicyclic) bond motifs is 1. The summed E-state index contributed by atoms with van der Waals surface area (Å²) in [7, 11) is 0. The van der Waals surface area contributed by atoms with E-state index in [4.69, 9.17) is 9.16 Å². The van der Waals surface area contributed by atoms with Crippen LogP contribution in [-0.2, 0) is 14.0 Å². The van der Waals surface area contributed by atoms with Gasteiger partial charge in [0.2, 0.25) is 5.76 Å². The molecule has 0 spiro atoms. The van der Waals surface area contributed by atoms with Gasteiger partial charge in [0.25, 0.3) is 0 Å². The van der Waals surface area contributed by atoms with Crippen LogP contribution < -0.4 is 0 Å². The smallest absolute Gasteiger partial charge is 0.473 e. The first kappa shape index (κ1) is 12.1. The number of allylic oxidation sites excluding steroid dienone is 1. The summed E-state index contributed by atoms with van der Waals surface area (Å²) >= 11 is 0. The highest BCUT2D eigenvalue weighted by Gasteiger charge is 2.50. The summed E-state index contributed by atoms with van der Waals surface area (Å²) in [6.45, 7) is 5.99. The molecular weight excluding hydrogens is 220 g/mol. The molecule has 0 amide bonds. The zero-order valence-electron chi connectivity index (χ0n) is 10.5. The van der Waals surface area contributed by atoms with Crippen LogP contribution in [-0.4, -0.2) is 23.5 Å². The zero-order valence-corrected chi connectivity index (χ0v) is 10.5. The molecule has 2 aliphatic rings. The largest absolute Gasteiger partial charge is 0.504 e. The van der Waals surface area contributed by atoms with Crippen LogP contribution in [0.25, 0.3) is 0 Å². The summed E-state index contributed by atoms with van der Waals surface area (Å²) in [5.74, 6) is 0.945. The third kappa shape index (κ3) is 1.96. The van der Waals surface area contributed by atoms with E-state index in [1.807, 2.05) is 6.92 Å². The number of aliphatic hydroxyl groups excluding tert-OH is 1. The summed E-state index contributed by atoms with van der Waals surface area (Å²) in [4.78, 5) is 11.7. The molecular formula is C13H19O4+. The minimum atomic E-state index is -0.568. The second-order valence-corrected chi connectivity index (χ2v) is 4.83. The molecule has 1 aliphatic carbocycles. The molecule has 3 atom stereocenters. The third-order valence-electron chi connectivity index (χ3n) is 3.77. The van der Waals surface area contributed by atoms with Crippen LogP contribution in [0.15, 0.2) is 11.5 Å². The Bertz CT molecular complexity index is 394. The van der Waals surface area contributed by atoms with Crippen LogP contribution in [0.5, 0.6) is 0 Å². The molecule has 4 heteroatoms. The van der Waals surface area contributed by atoms with E-state index in [1.54, 1.807) is 6.92 Å². The van der Waals surface area contributed by atoms with Gasteiger partial charge in [-0.3, -0.25) is 0 Å². The Hall–Kier alpha value is -1.32. The van der Waals surface area contributed by atoms with Gasteiger partial charge in [-0.25, -0.2) is 9.22 Å². The average Bonchev–Trinajstić information content (AvgIpc) is 2.67. The van der Waals surface area contributed by atoms with Gasteiger partial charge >= 0.3 is 17.5 Å². The molecule has 0 aromatic carbocycles. The Kier molecular flexibility index (Phi) is 3.22. The van der Waals surface area contributed by atoms with Crippen LogP contribution in [0.4, 0.5) is 0 Å². The third-order valence-corrected chi connectivity index (χ3v) is 3.77. The summed E-state index contributed by atoms with van der Waals surface area (Å²) in [6.07, 6.45) is 2.06. The number of hydrogen-bond acceptors (Lipinski definition) is 3. The van der Waals surface area contributed by atoms with Crippen LogP contribution >= 0.6 is 0 Å². The quantitative estimate of drug-likeness (QED) is 0.593. The monoisotopic (exact) mass is 239 g/mol. The Morgan fingerprint density at radius 2 is 2.24 bits per heavy atom. The van der Waals surface area contributed by atoms with Gasteiger partial charge in [0.05, 0.1) is 12.5 Å². The van der Waals surface area contributed by atoms with Crippen LogP contribution in [0.3, 0.4) is 0 Å². The standard InChI is InChI=1S/C13H18O4/c1-4-16-13(15)12-11(14)10-7(2)5-6-9(10)8(3)17-12/h7,9-10H,4-6H2,1-3H3/p+1/t7-,9+,10-/m1/s1. The highest BCUT2D eigenvalue weighted by molar-refractivity contribution is 5.90. The molecule has 4 nitrogen and oxygen atoms in total. The van der Waals surface area contributed by atoms with Gasteiger partial charge in [-0.2, -0.15) is 0 Å². The molecule has 1 saturated carbocycles. The SMILES string of the molecule is CCOC(=O)C1=C(O)[C@@H]2[C@H](C)CC[C@H]2C(C)=[O+]1. The Morgan fingerprint density at radius 3 is 2.88 bits per heavy atom. The van der Waals surface area contributed by atoms with Crippen molar-refractivity contribution in [3.63, 3.8) is 0 Å². The number of carbonyl (C=O) groups is 1. The topological polar surface area (TPSA) is 57.8 Å². The van der Waals surface area contributed by atoms with Crippen molar-refractivity contribution in [3.8, 4) is 0 Å². The number of aliphatic hydroxyl groups is 1. The lowest BCUT2D eigenvalue weighted by atomic mass is 9.84. The second kappa shape index (κ2) is 4.51. The van der Waals surface area contributed by atoms with E-state index in [0.29, 0.717) is 5.92 Å². The summed E-state index contributed by atoms with van der Waals surface area (Å²) in [5, 5.41) is 10.2. The molecule has 1 aliphatic heterocycles. The predicted octanol–water partition coefficient (Wildman–Crippen LogP) is 2.12. The van der Waals surface area contributed by atoms with Crippen molar-refractivity contribution in [2.24, 2.45) is 17.8 Å². The fourth-order valence-corrected chi connectivity index (χ4v) is 2.90. The molecule has 1 N–H and O–H groups in total. The molecule has 0 aromatic rings. The zero-order chi connectivity index (χ0) is 12.6. The molecule has 94 valence electrons. The van der Waals surface area contributed by atoms with Crippen molar-refractivity contribution in [1.82, 2.24) is 0 Å². The van der Waals surface area contributed by atoms with E-state index in [2.05, 4.69) is 6.92 Å². The van der Waals surface area contributed by atoms with Crippen molar-refractivity contribution >= 4 is 11.8 Å². The fraction of sp³-hybridized carbons (Fsp3) is 0.692. The van der Waals surface area contributed by atoms with Crippen molar-refractivity contribution in [1.29, 1.82) is 0 Å². The number of carbonyl (C=O) groups excluding carboxylic acids is 2. The summed E-state index contributed by atoms with van der Waals surface area (Å²) in [6, 6.07) is 0. The highest BCUT2D eigenvalue weighted by Crippen LogP contribution is 2.44. The maximum atomic E-state index is 11.7. The number of esters is 1. The Balaban J connectivity index is 2.35. The molecule has 0 saturated heterocycles. The van der Waals surface area contributed by atoms with Crippen molar-refractivity contribution < 1.29 is 19.1 Å². The van der Waals surface area contributed by atoms with Gasteiger partial charge in [0.15, 0.2) is 0 Å². The van der Waals surface area contributed by atoms with Crippen molar-refractivity contribution in [3.05, 3.63) is 11.5 Å². The van der Waals surface area contributed by atoms with Crippen molar-refractivity contribution in [2.45, 2.75) is 33.6 Å². The lowest BCUT2D eigenvalue weighted by molar-refractivity contribution is -0.406. The first-order valence-corrected chi connectivity index (χ1v) is 6.17. The lowest BCUT2D eigenvalue weighted by Crippen LogP contribution is -2.30. The highest BCUT2D eigenvalue weighted by atomic mass is 16.6. The van der Waals surface area contributed by atoms with E-state index in [-0.39, 0.29) is 30.0 Å². The minimum absolute atomic E-state index is 0.0145. The summed E-state index contributed by atoms with van der Waals surface area (Å²) < 4.78 is 10.3. The van der Waals surface area contributed by atoms with Gasteiger partial charge < -0.3 is 9.84 Å². The fourth-order valence-electron chi connectivity index (χ4n) is 2.90. The van der Waals surface area contributed by atoms with E-state index < -0.39 is 5.97 Å². The number of rotatable bonds is 2. The van der Waals surface area contributed by atoms with Crippen LogP contribution in [0.1, 0.15) is 33.6 Å². The first-order chi connectivity index (χ1) is 8.06. The molecule has 0 unspecified atom stereocenters. The molecule has 0 radical (unpaired) electrons. The maximum absolute atomic E-state index is 11.7. The van der Waals surface area contributed by atoms with Gasteiger partial charge in [0, 0.05) is 12.8 Å². The Morgan fingerprint density at radius 1 is 1.53 bits per heavy atom. The molecule has 0 aromatic heterocycles. The van der Waals surface area contributed by atoms with Gasteiger partial charge in [-0.15, -0.1) is 0 Å². The van der Waals surface area contributed by atoms with E-state index in [9.17, 15) is 9.90 Å². The normalized spacial score (nSPS) is 32.2. The van der Waals surface area contributed by atoms with E-state index >= 15 is 0 Å². The second-order valence-electron chi connectivity index (χ2n) is 4.83.